The van der Waals surface area contributed by atoms with Crippen LogP contribution in [0.1, 0.15) is 36.9 Å². The van der Waals surface area contributed by atoms with E-state index in [2.05, 4.69) is 72.1 Å². The molecule has 3 aromatic heterocycles. The average Bonchev–Trinajstić information content (AvgIpc) is 3.42. The van der Waals surface area contributed by atoms with E-state index in [1.807, 2.05) is 10.7 Å². The van der Waals surface area contributed by atoms with Crippen LogP contribution < -0.4 is 9.64 Å². The lowest BCUT2D eigenvalue weighted by Crippen LogP contribution is -2.52. The van der Waals surface area contributed by atoms with Crippen molar-refractivity contribution < 1.29 is 9.47 Å². The Morgan fingerprint density at radius 1 is 0.878 bits per heavy atom. The molecule has 0 aliphatic carbocycles. The molecule has 0 atom stereocenters. The number of fused-ring (bicyclic) bond motifs is 2. The number of rotatable bonds is 5. The van der Waals surface area contributed by atoms with Crippen LogP contribution in [0.2, 0.25) is 0 Å². The largest absolute Gasteiger partial charge is 0.488 e. The second-order valence-electron chi connectivity index (χ2n) is 12.2. The molecule has 7 rings (SSSR count). The molecule has 3 saturated heterocycles. The zero-order chi connectivity index (χ0) is 27.9. The van der Waals surface area contributed by atoms with Gasteiger partial charge in [-0.25, -0.2) is 4.52 Å². The normalized spacial score (nSPS) is 20.3. The molecule has 0 saturated carbocycles. The van der Waals surface area contributed by atoms with Crippen molar-refractivity contribution in [2.75, 3.05) is 64.4 Å². The lowest BCUT2D eigenvalue weighted by Gasteiger charge is -2.42. The van der Waals surface area contributed by atoms with Crippen LogP contribution >= 0.6 is 0 Å². The molecule has 41 heavy (non-hydrogen) atoms. The van der Waals surface area contributed by atoms with Crippen LogP contribution in [0.3, 0.4) is 0 Å². The van der Waals surface area contributed by atoms with Crippen molar-refractivity contribution in [2.24, 2.45) is 0 Å². The van der Waals surface area contributed by atoms with Crippen molar-refractivity contribution in [1.82, 2.24) is 24.4 Å². The van der Waals surface area contributed by atoms with Crippen molar-refractivity contribution >= 4 is 22.1 Å². The van der Waals surface area contributed by atoms with Gasteiger partial charge in [-0.1, -0.05) is 12.1 Å². The Morgan fingerprint density at radius 2 is 1.66 bits per heavy atom. The number of ether oxygens (including phenoxy) is 2. The number of pyridine rings is 2. The predicted octanol–water partition coefficient (Wildman–Crippen LogP) is 4.94. The molecule has 0 N–H and O–H groups in total. The fraction of sp³-hybridized carbons (Fsp3) is 0.515. The third-order valence-corrected chi connectivity index (χ3v) is 9.29. The highest BCUT2D eigenvalue weighted by Crippen LogP contribution is 2.39. The first-order valence-corrected chi connectivity index (χ1v) is 15.3. The van der Waals surface area contributed by atoms with Gasteiger partial charge >= 0.3 is 0 Å². The maximum absolute atomic E-state index is 6.81. The summed E-state index contributed by atoms with van der Waals surface area (Å²) >= 11 is 0. The highest BCUT2D eigenvalue weighted by molar-refractivity contribution is 6.00. The van der Waals surface area contributed by atoms with Crippen LogP contribution in [0.15, 0.2) is 42.7 Å². The molecule has 0 amide bonds. The van der Waals surface area contributed by atoms with Crippen LogP contribution in [0, 0.1) is 13.8 Å². The van der Waals surface area contributed by atoms with E-state index in [1.165, 1.54) is 50.3 Å². The summed E-state index contributed by atoms with van der Waals surface area (Å²) in [6.07, 6.45) is 8.57. The van der Waals surface area contributed by atoms with E-state index >= 15 is 0 Å². The van der Waals surface area contributed by atoms with Gasteiger partial charge in [-0.05, 0) is 57.0 Å². The molecule has 0 spiro atoms. The number of hydrogen-bond donors (Lipinski definition) is 0. The quantitative estimate of drug-likeness (QED) is 0.346. The molecular weight excluding hydrogens is 512 g/mol. The Balaban J connectivity index is 1.24. The molecular formula is C33H42N6O2. The monoisotopic (exact) mass is 554 g/mol. The lowest BCUT2D eigenvalue weighted by molar-refractivity contribution is 0.0260. The fourth-order valence-electron chi connectivity index (χ4n) is 6.87. The average molecular weight is 555 g/mol. The Labute approximate surface area is 242 Å². The van der Waals surface area contributed by atoms with Crippen molar-refractivity contribution in [3.63, 3.8) is 0 Å². The van der Waals surface area contributed by atoms with Gasteiger partial charge in [0.05, 0.1) is 36.8 Å². The third kappa shape index (κ3) is 5.41. The minimum absolute atomic E-state index is 0.145. The molecule has 6 heterocycles. The Kier molecular flexibility index (Phi) is 7.31. The van der Waals surface area contributed by atoms with Crippen LogP contribution in [-0.4, -0.2) is 96.1 Å². The van der Waals surface area contributed by atoms with E-state index in [0.717, 1.165) is 78.1 Å². The molecule has 1 aromatic carbocycles. The number of anilines is 1. The van der Waals surface area contributed by atoms with Gasteiger partial charge in [0.2, 0.25) is 0 Å². The Hall–Kier alpha value is -3.20. The summed E-state index contributed by atoms with van der Waals surface area (Å²) in [4.78, 5) is 12.5. The summed E-state index contributed by atoms with van der Waals surface area (Å²) in [5, 5.41) is 6.05. The Bertz CT molecular complexity index is 1520. The first-order chi connectivity index (χ1) is 20.0. The number of likely N-dealkylation sites (N-methyl/N-ethyl adjacent to an activating group) is 1. The van der Waals surface area contributed by atoms with E-state index in [9.17, 15) is 0 Å². The van der Waals surface area contributed by atoms with E-state index in [0.29, 0.717) is 6.04 Å². The molecule has 0 bridgehead atoms. The second-order valence-corrected chi connectivity index (χ2v) is 12.2. The highest BCUT2D eigenvalue weighted by atomic mass is 16.5. The summed E-state index contributed by atoms with van der Waals surface area (Å²) in [7, 11) is 2.23. The van der Waals surface area contributed by atoms with Crippen molar-refractivity contribution in [2.45, 2.75) is 51.7 Å². The van der Waals surface area contributed by atoms with Gasteiger partial charge in [0, 0.05) is 80.9 Å². The molecule has 8 heteroatoms. The summed E-state index contributed by atoms with van der Waals surface area (Å²) in [5.74, 6) is 0.915. The van der Waals surface area contributed by atoms with Crippen molar-refractivity contribution in [3.05, 3.63) is 54.0 Å². The smallest absolute Gasteiger partial charge is 0.148 e. The van der Waals surface area contributed by atoms with Crippen LogP contribution in [0.4, 0.5) is 5.69 Å². The number of nitrogens with zero attached hydrogens (tertiary/aromatic N) is 6. The minimum atomic E-state index is 0.145. The van der Waals surface area contributed by atoms with Crippen molar-refractivity contribution in [3.8, 4) is 16.9 Å². The molecule has 4 aromatic rings. The molecule has 3 aliphatic heterocycles. The van der Waals surface area contributed by atoms with Gasteiger partial charge in [-0.2, -0.15) is 5.10 Å². The summed E-state index contributed by atoms with van der Waals surface area (Å²) in [6.45, 7) is 12.5. The topological polar surface area (TPSA) is 58.4 Å². The van der Waals surface area contributed by atoms with Crippen LogP contribution in [0.5, 0.6) is 5.75 Å². The zero-order valence-electron chi connectivity index (χ0n) is 24.7. The number of aromatic nitrogens is 3. The van der Waals surface area contributed by atoms with E-state index < -0.39 is 0 Å². The summed E-state index contributed by atoms with van der Waals surface area (Å²) in [5.41, 5.74) is 7.70. The molecule has 216 valence electrons. The molecule has 0 radical (unpaired) electrons. The molecule has 0 unspecified atom stereocenters. The maximum Gasteiger partial charge on any atom is 0.148 e. The van der Waals surface area contributed by atoms with E-state index in [4.69, 9.17) is 19.6 Å². The fourth-order valence-corrected chi connectivity index (χ4v) is 6.87. The Morgan fingerprint density at radius 3 is 2.44 bits per heavy atom. The predicted molar refractivity (Wildman–Crippen MR) is 164 cm³/mol. The van der Waals surface area contributed by atoms with Crippen LogP contribution in [-0.2, 0) is 4.74 Å². The zero-order valence-corrected chi connectivity index (χ0v) is 24.7. The number of piperazine rings is 1. The number of hydrogen-bond acceptors (Lipinski definition) is 7. The van der Waals surface area contributed by atoms with Gasteiger partial charge in [0.1, 0.15) is 17.4 Å². The van der Waals surface area contributed by atoms with Gasteiger partial charge < -0.3 is 19.3 Å². The first kappa shape index (κ1) is 26.7. The van der Waals surface area contributed by atoms with E-state index in [1.54, 1.807) is 0 Å². The lowest BCUT2D eigenvalue weighted by atomic mass is 9.99. The summed E-state index contributed by atoms with van der Waals surface area (Å²) in [6, 6.07) is 11.7. The van der Waals surface area contributed by atoms with Gasteiger partial charge in [0.15, 0.2) is 0 Å². The SMILES string of the molecule is Cc1ccc2c(-c3cnn4cc(N5CCC(N6CCN(C)CC6)CC5)cc(OC5CCOCC5)c34)cc(C)nc2c1. The summed E-state index contributed by atoms with van der Waals surface area (Å²) < 4.78 is 14.5. The third-order valence-electron chi connectivity index (χ3n) is 9.29. The minimum Gasteiger partial charge on any atom is -0.488 e. The first-order valence-electron chi connectivity index (χ1n) is 15.3. The maximum atomic E-state index is 6.81. The molecule has 3 aliphatic rings. The van der Waals surface area contributed by atoms with Gasteiger partial charge in [-0.3, -0.25) is 9.88 Å². The number of aryl methyl sites for hydroxylation is 2. The number of benzene rings is 1. The number of piperidine rings is 1. The standard InChI is InChI=1S/C33H42N6O2/c1-23-4-5-28-29(19-24(2)35-31(28)18-23)30-21-34-39-22-26(20-32(33(30)39)41-27-8-16-40-17-9-27)37-10-6-25(7-11-37)38-14-12-36(3)13-15-38/h4-5,18-22,25,27H,6-17H2,1-3H3. The highest BCUT2D eigenvalue weighted by Gasteiger charge is 2.28. The van der Waals surface area contributed by atoms with Gasteiger partial charge in [-0.15, -0.1) is 0 Å². The van der Waals surface area contributed by atoms with Gasteiger partial charge in [0.25, 0.3) is 0 Å². The molecule has 3 fully saturated rings. The van der Waals surface area contributed by atoms with Crippen molar-refractivity contribution in [1.29, 1.82) is 0 Å². The second kappa shape index (κ2) is 11.2. The van der Waals surface area contributed by atoms with Crippen LogP contribution in [0.25, 0.3) is 27.5 Å². The molecule has 8 nitrogen and oxygen atoms in total. The van der Waals surface area contributed by atoms with E-state index in [-0.39, 0.29) is 6.10 Å².